The molecule has 9 heteroatoms. The zero-order valence-corrected chi connectivity index (χ0v) is 21.4. The summed E-state index contributed by atoms with van der Waals surface area (Å²) in [5.74, 6) is -0.0791. The Bertz CT molecular complexity index is 1120. The van der Waals surface area contributed by atoms with E-state index in [0.29, 0.717) is 64.5 Å². The first-order valence-corrected chi connectivity index (χ1v) is 11.4. The Morgan fingerprint density at radius 3 is 1.97 bits per heavy atom. The molecule has 194 valence electrons. The van der Waals surface area contributed by atoms with Crippen LogP contribution in [-0.4, -0.2) is 46.0 Å². The van der Waals surface area contributed by atoms with E-state index < -0.39 is 11.8 Å². The van der Waals surface area contributed by atoms with Gasteiger partial charge >= 0.3 is 0 Å². The minimum Gasteiger partial charge on any atom is -0.496 e. The Labute approximate surface area is 211 Å². The smallest absolute Gasteiger partial charge is 0.225 e. The van der Waals surface area contributed by atoms with Gasteiger partial charge in [0.2, 0.25) is 17.6 Å². The summed E-state index contributed by atoms with van der Waals surface area (Å²) >= 11 is 0. The molecule has 0 aromatic heterocycles. The fourth-order valence-electron chi connectivity index (χ4n) is 3.97. The van der Waals surface area contributed by atoms with Crippen molar-refractivity contribution >= 4 is 23.7 Å². The Kier molecular flexibility index (Phi) is 10.3. The molecule has 1 unspecified atom stereocenters. The van der Waals surface area contributed by atoms with Crippen molar-refractivity contribution in [1.29, 1.82) is 0 Å². The molecule has 36 heavy (non-hydrogen) atoms. The second-order valence-electron chi connectivity index (χ2n) is 8.24. The van der Waals surface area contributed by atoms with Crippen LogP contribution in [0.5, 0.6) is 23.0 Å². The molecule has 0 radical (unpaired) electrons. The van der Waals surface area contributed by atoms with Gasteiger partial charge in [-0.15, -0.1) is 0 Å². The lowest BCUT2D eigenvalue weighted by atomic mass is 9.90. The number of nitrogens with two attached hydrogens (primary N) is 2. The number of methoxy groups -OCH3 is 4. The number of carbonyl (C=O) groups is 3. The van der Waals surface area contributed by atoms with Crippen LogP contribution in [0.15, 0.2) is 35.9 Å². The number of rotatable bonds is 14. The topological polar surface area (TPSA) is 140 Å². The quantitative estimate of drug-likeness (QED) is 0.230. The minimum atomic E-state index is -0.618. The monoisotopic (exact) mass is 498 g/mol. The summed E-state index contributed by atoms with van der Waals surface area (Å²) in [6.07, 6.45) is 3.56. The highest BCUT2D eigenvalue weighted by molar-refractivity contribution is 6.11. The number of primary amides is 2. The van der Waals surface area contributed by atoms with E-state index in [4.69, 9.17) is 30.4 Å². The summed E-state index contributed by atoms with van der Waals surface area (Å²) < 4.78 is 21.5. The van der Waals surface area contributed by atoms with Crippen LogP contribution in [0.4, 0.5) is 0 Å². The Balaban J connectivity index is 2.39. The van der Waals surface area contributed by atoms with Crippen LogP contribution in [0.3, 0.4) is 0 Å². The van der Waals surface area contributed by atoms with Gasteiger partial charge in [0.25, 0.3) is 0 Å². The lowest BCUT2D eigenvalue weighted by Gasteiger charge is -2.18. The number of carbonyl (C=O) groups excluding carboxylic acids is 3. The van der Waals surface area contributed by atoms with E-state index in [1.54, 1.807) is 43.3 Å². The molecule has 0 heterocycles. The molecule has 0 bridgehead atoms. The van der Waals surface area contributed by atoms with Gasteiger partial charge in [-0.25, -0.2) is 0 Å². The molecular weight excluding hydrogens is 464 g/mol. The Morgan fingerprint density at radius 2 is 1.47 bits per heavy atom. The number of benzene rings is 2. The van der Waals surface area contributed by atoms with Crippen LogP contribution in [0, 0.1) is 0 Å². The van der Waals surface area contributed by atoms with Crippen LogP contribution in [0.25, 0.3) is 6.08 Å². The molecule has 9 nitrogen and oxygen atoms in total. The van der Waals surface area contributed by atoms with E-state index in [0.717, 1.165) is 0 Å². The van der Waals surface area contributed by atoms with Gasteiger partial charge in [0, 0.05) is 17.5 Å². The van der Waals surface area contributed by atoms with Gasteiger partial charge in [0.05, 0.1) is 34.4 Å². The average molecular weight is 499 g/mol. The van der Waals surface area contributed by atoms with Crippen molar-refractivity contribution in [2.45, 2.75) is 38.5 Å². The van der Waals surface area contributed by atoms with E-state index in [9.17, 15) is 14.4 Å². The zero-order valence-electron chi connectivity index (χ0n) is 21.4. The van der Waals surface area contributed by atoms with E-state index in [1.807, 2.05) is 0 Å². The lowest BCUT2D eigenvalue weighted by Crippen LogP contribution is -2.22. The Morgan fingerprint density at radius 1 is 0.861 bits per heavy atom. The highest BCUT2D eigenvalue weighted by atomic mass is 16.5. The van der Waals surface area contributed by atoms with Crippen LogP contribution in [0.1, 0.15) is 60.0 Å². The first-order chi connectivity index (χ1) is 17.2. The van der Waals surface area contributed by atoms with Gasteiger partial charge in [-0.3, -0.25) is 14.4 Å². The Hall–Kier alpha value is -4.01. The predicted molar refractivity (Wildman–Crippen MR) is 137 cm³/mol. The number of hydrogen-bond acceptors (Lipinski definition) is 7. The fraction of sp³-hybridized carbons (Fsp3) is 0.370. The van der Waals surface area contributed by atoms with Crippen molar-refractivity contribution in [3.63, 3.8) is 0 Å². The molecule has 4 N–H and O–H groups in total. The molecule has 0 spiro atoms. The first-order valence-electron chi connectivity index (χ1n) is 11.4. The second kappa shape index (κ2) is 13.2. The molecule has 0 saturated carbocycles. The average Bonchev–Trinajstić information content (AvgIpc) is 2.86. The summed E-state index contributed by atoms with van der Waals surface area (Å²) in [5.41, 5.74) is 13.0. The van der Waals surface area contributed by atoms with Gasteiger partial charge in [-0.05, 0) is 61.2 Å². The summed E-state index contributed by atoms with van der Waals surface area (Å²) in [5, 5.41) is 0. The van der Waals surface area contributed by atoms with E-state index in [-0.39, 0.29) is 18.1 Å². The number of ketones is 1. The molecule has 1 atom stereocenters. The molecule has 2 aromatic carbocycles. The number of ether oxygens (including phenoxy) is 4. The fourth-order valence-corrected chi connectivity index (χ4v) is 3.97. The van der Waals surface area contributed by atoms with Gasteiger partial charge in [-0.2, -0.15) is 0 Å². The van der Waals surface area contributed by atoms with Gasteiger partial charge < -0.3 is 30.4 Å². The number of allylic oxidation sites excluding steroid dienone is 1. The van der Waals surface area contributed by atoms with Crippen molar-refractivity contribution in [2.24, 2.45) is 11.5 Å². The van der Waals surface area contributed by atoms with Gasteiger partial charge in [-0.1, -0.05) is 12.5 Å². The maximum absolute atomic E-state index is 13.2. The van der Waals surface area contributed by atoms with E-state index >= 15 is 0 Å². The SMILES string of the molecule is COc1ccc(/C=C(\C)C(=O)c2cc(OC)c(OC)c(OC)c2)cc1C(CCCCC(N)=O)C(N)=O. The zero-order chi connectivity index (χ0) is 26.8. The number of hydrogen-bond donors (Lipinski definition) is 2. The molecule has 0 aliphatic rings. The van der Waals surface area contributed by atoms with Crippen molar-refractivity contribution in [3.8, 4) is 23.0 Å². The predicted octanol–water partition coefficient (Wildman–Crippen LogP) is 3.62. The molecule has 2 rings (SSSR count). The van der Waals surface area contributed by atoms with E-state index in [1.165, 1.54) is 28.4 Å². The lowest BCUT2D eigenvalue weighted by molar-refractivity contribution is -0.119. The van der Waals surface area contributed by atoms with E-state index in [2.05, 4.69) is 0 Å². The molecule has 0 aliphatic heterocycles. The van der Waals surface area contributed by atoms with Gasteiger partial charge in [0.1, 0.15) is 5.75 Å². The van der Waals surface area contributed by atoms with Crippen molar-refractivity contribution in [3.05, 3.63) is 52.6 Å². The number of Topliss-reactive ketones (excluding diaryl/α,β-unsaturated/α-hetero) is 1. The summed E-state index contributed by atoms with van der Waals surface area (Å²) in [6.45, 7) is 1.70. The van der Waals surface area contributed by atoms with Crippen LogP contribution < -0.4 is 30.4 Å². The number of unbranched alkanes of at least 4 members (excludes halogenated alkanes) is 1. The summed E-state index contributed by atoms with van der Waals surface area (Å²) in [7, 11) is 5.97. The normalized spacial score (nSPS) is 12.0. The largest absolute Gasteiger partial charge is 0.496 e. The molecule has 2 amide bonds. The second-order valence-corrected chi connectivity index (χ2v) is 8.24. The first kappa shape index (κ1) is 28.2. The third-order valence-electron chi connectivity index (χ3n) is 5.81. The third-order valence-corrected chi connectivity index (χ3v) is 5.81. The minimum absolute atomic E-state index is 0.232. The van der Waals surface area contributed by atoms with Crippen molar-refractivity contribution in [1.82, 2.24) is 0 Å². The highest BCUT2D eigenvalue weighted by Crippen LogP contribution is 2.39. The molecular formula is C27H34N2O7. The number of amides is 2. The molecule has 2 aromatic rings. The maximum atomic E-state index is 13.2. The highest BCUT2D eigenvalue weighted by Gasteiger charge is 2.22. The van der Waals surface area contributed by atoms with Crippen LogP contribution in [-0.2, 0) is 9.59 Å². The van der Waals surface area contributed by atoms with Crippen molar-refractivity contribution in [2.75, 3.05) is 28.4 Å². The molecule has 0 fully saturated rings. The van der Waals surface area contributed by atoms with Crippen molar-refractivity contribution < 1.29 is 33.3 Å². The molecule has 0 saturated heterocycles. The van der Waals surface area contributed by atoms with Crippen LogP contribution >= 0.6 is 0 Å². The standard InChI is InChI=1S/C27H34N2O7/c1-16(25(31)18-14-22(34-3)26(36-5)23(15-18)35-4)12-17-10-11-21(33-2)20(13-17)19(27(29)32)8-6-7-9-24(28)30/h10-15,19H,6-9H2,1-5H3,(H2,28,30)(H2,29,32)/b16-12+. The molecule has 0 aliphatic carbocycles. The maximum Gasteiger partial charge on any atom is 0.225 e. The summed E-state index contributed by atoms with van der Waals surface area (Å²) in [4.78, 5) is 36.5. The summed E-state index contributed by atoms with van der Waals surface area (Å²) in [6, 6.07) is 8.50. The van der Waals surface area contributed by atoms with Crippen LogP contribution in [0.2, 0.25) is 0 Å². The van der Waals surface area contributed by atoms with Gasteiger partial charge in [0.15, 0.2) is 17.3 Å². The third kappa shape index (κ3) is 7.00.